The van der Waals surface area contributed by atoms with Crippen LogP contribution in [0.4, 0.5) is 0 Å². The van der Waals surface area contributed by atoms with Gasteiger partial charge in [-0.15, -0.1) is 0 Å². The lowest BCUT2D eigenvalue weighted by atomic mass is 10.3. The van der Waals surface area contributed by atoms with Crippen molar-refractivity contribution in [3.8, 4) is 0 Å². The van der Waals surface area contributed by atoms with Gasteiger partial charge in [0.1, 0.15) is 9.65 Å². The lowest BCUT2D eigenvalue weighted by Gasteiger charge is -2.05. The second kappa shape index (κ2) is 3.92. The van der Waals surface area contributed by atoms with E-state index in [0.717, 1.165) is 0 Å². The summed E-state index contributed by atoms with van der Waals surface area (Å²) in [5, 5.41) is 16.5. The Hall–Kier alpha value is -0.100. The van der Waals surface area contributed by atoms with E-state index in [-0.39, 0.29) is 0 Å². The minimum Gasteiger partial charge on any atom is -0.480 e. The first-order valence-electron chi connectivity index (χ1n) is 2.20. The molecule has 58 valence electrons. The maximum Gasteiger partial charge on any atom is 0.319 e. The zero-order valence-corrected chi connectivity index (χ0v) is 7.79. The van der Waals surface area contributed by atoms with Gasteiger partial charge in [0, 0.05) is 0 Å². The van der Waals surface area contributed by atoms with Crippen LogP contribution in [0.15, 0.2) is 0 Å². The second-order valence-electron chi connectivity index (χ2n) is 1.48. The number of aliphatic carboxylic acids is 2. The number of carboxylic acid groups (broad SMARTS) is 2. The van der Waals surface area contributed by atoms with Crippen LogP contribution in [0.2, 0.25) is 0 Å². The third-order valence-corrected chi connectivity index (χ3v) is 3.28. The highest BCUT2D eigenvalue weighted by Crippen LogP contribution is 2.14. The lowest BCUT2D eigenvalue weighted by Crippen LogP contribution is -2.30. The SMILES string of the molecule is O=C(O)[C@@H](Br)[C@@H](Br)C(=O)O. The summed E-state index contributed by atoms with van der Waals surface area (Å²) in [7, 11) is 0. The number of rotatable bonds is 3. The zero-order chi connectivity index (χ0) is 8.31. The van der Waals surface area contributed by atoms with Gasteiger partial charge in [-0.2, -0.15) is 0 Å². The Kier molecular flexibility index (Phi) is 3.88. The molecule has 10 heavy (non-hydrogen) atoms. The average molecular weight is 276 g/mol. The molecule has 0 rings (SSSR count). The van der Waals surface area contributed by atoms with Crippen LogP contribution in [0.25, 0.3) is 0 Å². The highest BCUT2D eigenvalue weighted by Gasteiger charge is 2.28. The fourth-order valence-corrected chi connectivity index (χ4v) is 0.703. The van der Waals surface area contributed by atoms with E-state index in [4.69, 9.17) is 10.2 Å². The molecule has 0 aliphatic heterocycles. The molecule has 0 unspecified atom stereocenters. The summed E-state index contributed by atoms with van der Waals surface area (Å²) < 4.78 is 0. The molecular weight excluding hydrogens is 272 g/mol. The Morgan fingerprint density at radius 2 is 1.20 bits per heavy atom. The summed E-state index contributed by atoms with van der Waals surface area (Å²) in [6.07, 6.45) is 0. The van der Waals surface area contributed by atoms with Crippen LogP contribution in [0.1, 0.15) is 0 Å². The number of alkyl halides is 2. The van der Waals surface area contributed by atoms with Crippen molar-refractivity contribution in [3.05, 3.63) is 0 Å². The first-order chi connectivity index (χ1) is 4.46. The fourth-order valence-electron chi connectivity index (χ4n) is 0.250. The van der Waals surface area contributed by atoms with Gasteiger partial charge in [-0.05, 0) is 0 Å². The largest absolute Gasteiger partial charge is 0.480 e. The van der Waals surface area contributed by atoms with E-state index in [2.05, 4.69) is 31.9 Å². The molecule has 2 atom stereocenters. The first kappa shape index (κ1) is 9.90. The molecule has 6 heteroatoms. The van der Waals surface area contributed by atoms with Crippen LogP contribution in [-0.2, 0) is 9.59 Å². The molecule has 0 aliphatic carbocycles. The van der Waals surface area contributed by atoms with E-state index in [9.17, 15) is 9.59 Å². The summed E-state index contributed by atoms with van der Waals surface area (Å²) in [6.45, 7) is 0. The summed E-state index contributed by atoms with van der Waals surface area (Å²) in [4.78, 5) is 18.0. The second-order valence-corrected chi connectivity index (χ2v) is 3.45. The number of halogens is 2. The minimum absolute atomic E-state index is 1.09. The third kappa shape index (κ3) is 2.66. The summed E-state index contributed by atoms with van der Waals surface area (Å²) >= 11 is 5.36. The van der Waals surface area contributed by atoms with Crippen LogP contribution < -0.4 is 0 Å². The van der Waals surface area contributed by atoms with E-state index >= 15 is 0 Å². The van der Waals surface area contributed by atoms with Crippen molar-refractivity contribution in [1.29, 1.82) is 0 Å². The standard InChI is InChI=1S/C4H4Br2O4/c5-1(3(7)8)2(6)4(9)10/h1-2H,(H,7,8)(H,9,10)/t1-,2+. The molecule has 0 aromatic rings. The van der Waals surface area contributed by atoms with Crippen molar-refractivity contribution in [3.63, 3.8) is 0 Å². The molecule has 0 bridgehead atoms. The zero-order valence-electron chi connectivity index (χ0n) is 4.62. The summed E-state index contributed by atoms with van der Waals surface area (Å²) in [5.74, 6) is -2.41. The third-order valence-electron chi connectivity index (χ3n) is 0.729. The first-order valence-corrected chi connectivity index (χ1v) is 4.03. The predicted molar refractivity (Wildman–Crippen MR) is 40.7 cm³/mol. The van der Waals surface area contributed by atoms with Crippen LogP contribution in [-0.4, -0.2) is 31.8 Å². The highest BCUT2D eigenvalue weighted by molar-refractivity contribution is 9.12. The Morgan fingerprint density at radius 1 is 1.00 bits per heavy atom. The summed E-state index contributed by atoms with van der Waals surface area (Å²) in [6, 6.07) is 0. The molecule has 0 heterocycles. The van der Waals surface area contributed by atoms with Gasteiger partial charge < -0.3 is 10.2 Å². The maximum absolute atomic E-state index is 10.1. The van der Waals surface area contributed by atoms with Crippen molar-refractivity contribution in [2.45, 2.75) is 9.65 Å². The van der Waals surface area contributed by atoms with Crippen molar-refractivity contribution in [2.24, 2.45) is 0 Å². The van der Waals surface area contributed by atoms with Gasteiger partial charge in [-0.3, -0.25) is 9.59 Å². The fraction of sp³-hybridized carbons (Fsp3) is 0.500. The topological polar surface area (TPSA) is 74.6 Å². The van der Waals surface area contributed by atoms with Crippen molar-refractivity contribution in [1.82, 2.24) is 0 Å². The van der Waals surface area contributed by atoms with Crippen LogP contribution in [0, 0.1) is 0 Å². The number of hydrogen-bond acceptors (Lipinski definition) is 2. The normalized spacial score (nSPS) is 15.8. The van der Waals surface area contributed by atoms with Gasteiger partial charge in [0.25, 0.3) is 0 Å². The molecule has 0 saturated carbocycles. The molecule has 0 aromatic carbocycles. The molecule has 2 N–H and O–H groups in total. The maximum atomic E-state index is 10.1. The quantitative estimate of drug-likeness (QED) is 0.743. The highest BCUT2D eigenvalue weighted by atomic mass is 79.9. The van der Waals surface area contributed by atoms with Crippen LogP contribution >= 0.6 is 31.9 Å². The molecule has 0 amide bonds. The van der Waals surface area contributed by atoms with E-state index in [1.54, 1.807) is 0 Å². The Bertz CT molecular complexity index is 139. The monoisotopic (exact) mass is 274 g/mol. The van der Waals surface area contributed by atoms with Gasteiger partial charge in [0.2, 0.25) is 0 Å². The van der Waals surface area contributed by atoms with E-state index in [1.165, 1.54) is 0 Å². The smallest absolute Gasteiger partial charge is 0.319 e. The van der Waals surface area contributed by atoms with Gasteiger partial charge in [-0.1, -0.05) is 31.9 Å². The molecule has 0 spiro atoms. The average Bonchev–Trinajstić information content (AvgIpc) is 1.84. The molecule has 0 aliphatic rings. The molecule has 4 nitrogen and oxygen atoms in total. The predicted octanol–water partition coefficient (Wildman–Crippen LogP) is 0.683. The van der Waals surface area contributed by atoms with Gasteiger partial charge in [-0.25, -0.2) is 0 Å². The van der Waals surface area contributed by atoms with E-state index in [1.807, 2.05) is 0 Å². The Morgan fingerprint density at radius 3 is 1.30 bits per heavy atom. The van der Waals surface area contributed by atoms with Gasteiger partial charge in [0.15, 0.2) is 0 Å². The Balaban J connectivity index is 4.07. The lowest BCUT2D eigenvalue weighted by molar-refractivity contribution is -0.142. The van der Waals surface area contributed by atoms with Crippen molar-refractivity contribution < 1.29 is 19.8 Å². The van der Waals surface area contributed by atoms with Crippen molar-refractivity contribution >= 4 is 43.8 Å². The molecular formula is C4H4Br2O4. The minimum atomic E-state index is -1.20. The van der Waals surface area contributed by atoms with Crippen molar-refractivity contribution in [2.75, 3.05) is 0 Å². The summed E-state index contributed by atoms with van der Waals surface area (Å²) in [5.41, 5.74) is 0. The van der Waals surface area contributed by atoms with Crippen LogP contribution in [0.3, 0.4) is 0 Å². The Labute approximate surface area is 73.5 Å². The van der Waals surface area contributed by atoms with Gasteiger partial charge in [0.05, 0.1) is 0 Å². The molecule has 0 aromatic heterocycles. The number of hydrogen-bond donors (Lipinski definition) is 2. The van der Waals surface area contributed by atoms with E-state index < -0.39 is 21.6 Å². The molecule has 0 saturated heterocycles. The molecule has 0 fully saturated rings. The number of carboxylic acids is 2. The van der Waals surface area contributed by atoms with Gasteiger partial charge >= 0.3 is 11.9 Å². The molecule has 0 radical (unpaired) electrons. The van der Waals surface area contributed by atoms with E-state index in [0.29, 0.717) is 0 Å². The number of carbonyl (C=O) groups is 2. The van der Waals surface area contributed by atoms with Crippen LogP contribution in [0.5, 0.6) is 0 Å².